The van der Waals surface area contributed by atoms with Gasteiger partial charge in [-0.2, -0.15) is 0 Å². The first-order valence-electron chi connectivity index (χ1n) is 10.3. The van der Waals surface area contributed by atoms with Crippen LogP contribution in [0.4, 0.5) is 0 Å². The molecule has 2 aromatic carbocycles. The number of hydrogen-bond acceptors (Lipinski definition) is 9. The Hall–Kier alpha value is -3.92. The smallest absolute Gasteiger partial charge is 0.344 e. The van der Waals surface area contributed by atoms with Gasteiger partial charge in [-0.3, -0.25) is 4.79 Å². The van der Waals surface area contributed by atoms with Crippen LogP contribution in [0, 0.1) is 0 Å². The fourth-order valence-corrected chi connectivity index (χ4v) is 2.71. The van der Waals surface area contributed by atoms with Crippen LogP contribution in [0.1, 0.15) is 11.1 Å². The number of amides is 1. The summed E-state index contributed by atoms with van der Waals surface area (Å²) in [6.07, 6.45) is 0.0850. The Morgan fingerprint density at radius 1 is 0.794 bits per heavy atom. The van der Waals surface area contributed by atoms with E-state index in [1.807, 2.05) is 30.3 Å². The predicted octanol–water partition coefficient (Wildman–Crippen LogP) is 1.20. The predicted molar refractivity (Wildman–Crippen MR) is 119 cm³/mol. The van der Waals surface area contributed by atoms with E-state index in [0.29, 0.717) is 11.3 Å². The summed E-state index contributed by atoms with van der Waals surface area (Å²) in [6, 6.07) is 14.8. The van der Waals surface area contributed by atoms with Crippen LogP contribution in [0.15, 0.2) is 54.6 Å². The van der Waals surface area contributed by atoms with Gasteiger partial charge in [0.25, 0.3) is 0 Å². The highest BCUT2D eigenvalue weighted by atomic mass is 16.6. The summed E-state index contributed by atoms with van der Waals surface area (Å²) in [7, 11) is 2.43. The fraction of sp³-hybridized carbons (Fsp3) is 0.333. The van der Waals surface area contributed by atoms with E-state index in [4.69, 9.17) is 14.2 Å². The van der Waals surface area contributed by atoms with Crippen LogP contribution < -0.4 is 10.1 Å². The maximum Gasteiger partial charge on any atom is 0.344 e. The quantitative estimate of drug-likeness (QED) is 0.337. The molecule has 0 heterocycles. The summed E-state index contributed by atoms with van der Waals surface area (Å²) in [4.78, 5) is 47.4. The first-order chi connectivity index (χ1) is 16.4. The van der Waals surface area contributed by atoms with Gasteiger partial charge in [0.1, 0.15) is 18.4 Å². The molecule has 0 fully saturated rings. The molecule has 0 aliphatic carbocycles. The molecule has 0 radical (unpaired) electrons. The van der Waals surface area contributed by atoms with Gasteiger partial charge in [0.15, 0.2) is 13.2 Å². The summed E-state index contributed by atoms with van der Waals surface area (Å²) in [5.41, 5.74) is 1.58. The van der Waals surface area contributed by atoms with E-state index in [-0.39, 0.29) is 26.2 Å². The van der Waals surface area contributed by atoms with Crippen LogP contribution in [0.3, 0.4) is 0 Å². The minimum atomic E-state index is -1.07. The third-order valence-corrected chi connectivity index (χ3v) is 4.47. The number of ether oxygens (including phenoxy) is 5. The van der Waals surface area contributed by atoms with Crippen molar-refractivity contribution < 1.29 is 42.9 Å². The second kappa shape index (κ2) is 14.3. The zero-order valence-corrected chi connectivity index (χ0v) is 19.0. The number of rotatable bonds is 13. The Bertz CT molecular complexity index is 945. The summed E-state index contributed by atoms with van der Waals surface area (Å²) in [6.45, 7) is -0.849. The molecule has 0 aliphatic rings. The zero-order chi connectivity index (χ0) is 24.8. The Kier molecular flexibility index (Phi) is 11.1. The van der Waals surface area contributed by atoms with Crippen molar-refractivity contribution in [3.8, 4) is 5.75 Å². The van der Waals surface area contributed by atoms with Gasteiger partial charge in [-0.05, 0) is 23.3 Å². The zero-order valence-electron chi connectivity index (χ0n) is 19.0. The van der Waals surface area contributed by atoms with Crippen molar-refractivity contribution in [3.05, 3.63) is 65.7 Å². The van der Waals surface area contributed by atoms with E-state index < -0.39 is 36.5 Å². The average Bonchev–Trinajstić information content (AvgIpc) is 2.86. The lowest BCUT2D eigenvalue weighted by atomic mass is 10.1. The van der Waals surface area contributed by atoms with Gasteiger partial charge in [-0.25, -0.2) is 14.4 Å². The van der Waals surface area contributed by atoms with E-state index in [0.717, 1.165) is 5.56 Å². The fourth-order valence-electron chi connectivity index (χ4n) is 2.71. The maximum atomic E-state index is 12.5. The van der Waals surface area contributed by atoms with Crippen molar-refractivity contribution in [3.63, 3.8) is 0 Å². The second-order valence-electron chi connectivity index (χ2n) is 7.00. The summed E-state index contributed by atoms with van der Waals surface area (Å²) in [5, 5.41) is 2.57. The summed E-state index contributed by atoms with van der Waals surface area (Å²) >= 11 is 0. The van der Waals surface area contributed by atoms with Crippen LogP contribution in [-0.4, -0.2) is 63.9 Å². The Balaban J connectivity index is 1.96. The van der Waals surface area contributed by atoms with Crippen molar-refractivity contribution in [2.24, 2.45) is 0 Å². The molecular weight excluding hydrogens is 446 g/mol. The molecule has 0 aliphatic heterocycles. The Morgan fingerprint density at radius 2 is 1.44 bits per heavy atom. The van der Waals surface area contributed by atoms with E-state index in [9.17, 15) is 19.2 Å². The third-order valence-electron chi connectivity index (χ3n) is 4.47. The molecule has 10 nitrogen and oxygen atoms in total. The highest BCUT2D eigenvalue weighted by Crippen LogP contribution is 2.14. The Labute approximate surface area is 197 Å². The van der Waals surface area contributed by atoms with Crippen molar-refractivity contribution in [1.82, 2.24) is 5.32 Å². The molecule has 34 heavy (non-hydrogen) atoms. The van der Waals surface area contributed by atoms with Gasteiger partial charge in [-0.15, -0.1) is 0 Å². The third kappa shape index (κ3) is 9.70. The molecule has 2 aromatic rings. The molecule has 182 valence electrons. The lowest BCUT2D eigenvalue weighted by Gasteiger charge is -2.18. The molecule has 2 rings (SSSR count). The highest BCUT2D eigenvalue weighted by Gasteiger charge is 2.24. The van der Waals surface area contributed by atoms with Gasteiger partial charge in [-0.1, -0.05) is 42.5 Å². The molecule has 0 saturated heterocycles. The number of benzene rings is 2. The molecule has 1 amide bonds. The Morgan fingerprint density at radius 3 is 2.09 bits per heavy atom. The lowest BCUT2D eigenvalue weighted by molar-refractivity contribution is -0.158. The molecular formula is C24H27NO9. The number of esters is 3. The van der Waals surface area contributed by atoms with Gasteiger partial charge in [0.2, 0.25) is 5.91 Å². The maximum absolute atomic E-state index is 12.5. The molecule has 1 atom stereocenters. The van der Waals surface area contributed by atoms with Crippen molar-refractivity contribution in [2.45, 2.75) is 19.1 Å². The van der Waals surface area contributed by atoms with Gasteiger partial charge < -0.3 is 29.0 Å². The standard InChI is InChI=1S/C24H27NO9/c1-30-22(27)15-33-19-10-8-17(9-11-19)12-20(24(29)34-16-23(28)31-2)25-21(26)14-32-13-18-6-4-3-5-7-18/h3-11,20H,12-16H2,1-2H3,(H,25,26). The normalized spacial score (nSPS) is 11.1. The SMILES string of the molecule is COC(=O)COC(=O)C(Cc1ccc(OCC(=O)OC)cc1)NC(=O)COCc1ccccc1. The van der Waals surface area contributed by atoms with Crippen molar-refractivity contribution >= 4 is 23.8 Å². The largest absolute Gasteiger partial charge is 0.482 e. The molecule has 0 spiro atoms. The topological polar surface area (TPSA) is 126 Å². The monoisotopic (exact) mass is 473 g/mol. The molecule has 0 bridgehead atoms. The van der Waals surface area contributed by atoms with E-state index >= 15 is 0 Å². The lowest BCUT2D eigenvalue weighted by Crippen LogP contribution is -2.45. The summed E-state index contributed by atoms with van der Waals surface area (Å²) in [5.74, 6) is -2.13. The van der Waals surface area contributed by atoms with Crippen LogP contribution in [0.25, 0.3) is 0 Å². The van der Waals surface area contributed by atoms with Crippen molar-refractivity contribution in [2.75, 3.05) is 34.0 Å². The first kappa shape index (κ1) is 26.3. The summed E-state index contributed by atoms with van der Waals surface area (Å²) < 4.78 is 24.6. The number of carbonyl (C=O) groups is 4. The number of nitrogens with one attached hydrogen (secondary N) is 1. The first-order valence-corrected chi connectivity index (χ1v) is 10.3. The molecule has 0 aromatic heterocycles. The number of carbonyl (C=O) groups excluding carboxylic acids is 4. The van der Waals surface area contributed by atoms with E-state index in [1.54, 1.807) is 24.3 Å². The van der Waals surface area contributed by atoms with Crippen LogP contribution in [-0.2, 0) is 51.2 Å². The highest BCUT2D eigenvalue weighted by molar-refractivity contribution is 5.86. The van der Waals surface area contributed by atoms with Crippen LogP contribution in [0.5, 0.6) is 5.75 Å². The van der Waals surface area contributed by atoms with Crippen LogP contribution >= 0.6 is 0 Å². The van der Waals surface area contributed by atoms with Gasteiger partial charge in [0.05, 0.1) is 20.8 Å². The molecule has 0 saturated carbocycles. The van der Waals surface area contributed by atoms with E-state index in [1.165, 1.54) is 14.2 Å². The van der Waals surface area contributed by atoms with Gasteiger partial charge >= 0.3 is 17.9 Å². The van der Waals surface area contributed by atoms with Crippen molar-refractivity contribution in [1.29, 1.82) is 0 Å². The molecule has 1 N–H and O–H groups in total. The molecule has 10 heteroatoms. The second-order valence-corrected chi connectivity index (χ2v) is 7.00. The number of methoxy groups -OCH3 is 2. The minimum Gasteiger partial charge on any atom is -0.482 e. The van der Waals surface area contributed by atoms with Gasteiger partial charge in [0, 0.05) is 6.42 Å². The van der Waals surface area contributed by atoms with Crippen LogP contribution in [0.2, 0.25) is 0 Å². The average molecular weight is 473 g/mol. The van der Waals surface area contributed by atoms with E-state index in [2.05, 4.69) is 14.8 Å². The number of hydrogen-bond donors (Lipinski definition) is 1. The minimum absolute atomic E-state index is 0.0850. The molecule has 1 unspecified atom stereocenters.